The van der Waals surface area contributed by atoms with Crippen LogP contribution < -0.4 is 17.2 Å². The van der Waals surface area contributed by atoms with Crippen LogP contribution in [-0.4, -0.2) is 15.0 Å². The first-order chi connectivity index (χ1) is 14.6. The highest BCUT2D eigenvalue weighted by Crippen LogP contribution is 2.22. The lowest BCUT2D eigenvalue weighted by atomic mass is 10.1. The van der Waals surface area contributed by atoms with Crippen molar-refractivity contribution < 1.29 is 8.78 Å². The molecule has 0 aliphatic rings. The van der Waals surface area contributed by atoms with Gasteiger partial charge in [0.25, 0.3) is 0 Å². The molecule has 0 fully saturated rings. The summed E-state index contributed by atoms with van der Waals surface area (Å²) >= 11 is 11.0. The fourth-order valence-electron chi connectivity index (χ4n) is 2.39. The van der Waals surface area contributed by atoms with E-state index in [1.807, 2.05) is 26.1 Å². The number of aryl methyl sites for hydroxylation is 1. The largest absolute Gasteiger partial charge is 0.326 e. The maximum atomic E-state index is 12.6. The molecule has 2 atom stereocenters. The Morgan fingerprint density at radius 3 is 1.81 bits per heavy atom. The Morgan fingerprint density at radius 1 is 0.871 bits per heavy atom. The van der Waals surface area contributed by atoms with Crippen molar-refractivity contribution >= 4 is 23.2 Å². The second-order valence-corrected chi connectivity index (χ2v) is 7.35. The monoisotopic (exact) mass is 470 g/mol. The maximum Gasteiger partial charge on any atom is 0.231 e. The lowest BCUT2D eigenvalue weighted by molar-refractivity contribution is 0.579. The van der Waals surface area contributed by atoms with E-state index in [9.17, 15) is 8.78 Å². The molecule has 2 unspecified atom stereocenters. The van der Waals surface area contributed by atoms with Crippen LogP contribution in [0.3, 0.4) is 0 Å². The molecule has 0 aromatic carbocycles. The second kappa shape index (κ2) is 13.2. The van der Waals surface area contributed by atoms with Crippen LogP contribution in [0.15, 0.2) is 43.0 Å². The summed E-state index contributed by atoms with van der Waals surface area (Å²) in [7, 11) is 0. The van der Waals surface area contributed by atoms with Crippen molar-refractivity contribution in [2.24, 2.45) is 17.2 Å². The van der Waals surface area contributed by atoms with E-state index >= 15 is 0 Å². The van der Waals surface area contributed by atoms with Gasteiger partial charge in [0, 0.05) is 43.4 Å². The van der Waals surface area contributed by atoms with Crippen LogP contribution in [0.5, 0.6) is 0 Å². The molecule has 0 aliphatic carbocycles. The van der Waals surface area contributed by atoms with Gasteiger partial charge in [0.05, 0.1) is 0 Å². The van der Waals surface area contributed by atoms with Gasteiger partial charge in [0.2, 0.25) is 11.9 Å². The maximum absolute atomic E-state index is 12.6. The highest BCUT2D eigenvalue weighted by Gasteiger charge is 2.09. The molecule has 3 aromatic heterocycles. The summed E-state index contributed by atoms with van der Waals surface area (Å²) in [4.78, 5) is 10.7. The van der Waals surface area contributed by atoms with Gasteiger partial charge in [-0.1, -0.05) is 23.2 Å². The first kappa shape index (κ1) is 26.8. The Balaban J connectivity index is 0.000000233. The summed E-state index contributed by atoms with van der Waals surface area (Å²) in [6.07, 6.45) is 6.29. The quantitative estimate of drug-likeness (QED) is 0.480. The van der Waals surface area contributed by atoms with Crippen molar-refractivity contribution in [2.45, 2.75) is 39.4 Å². The van der Waals surface area contributed by atoms with Crippen LogP contribution in [0.25, 0.3) is 0 Å². The molecule has 0 amide bonds. The standard InChI is InChI=1S/C8H12N2.C7H8ClFN2.C6H6ClFN2/c1-6-5-10-4-3-8(6)7(2)9;1-4(10)5-2-3-11-7(9)6(5)8;7-5-4(3-9)1-2-10-6(5)8/h3-5,7H,9H2,1-2H3;2-4H,10H2,1H3;1-2H,3,9H2. The van der Waals surface area contributed by atoms with Gasteiger partial charge < -0.3 is 17.2 Å². The molecule has 0 saturated heterocycles. The van der Waals surface area contributed by atoms with E-state index in [1.165, 1.54) is 18.0 Å². The highest BCUT2D eigenvalue weighted by molar-refractivity contribution is 6.31. The SMILES string of the molecule is CC(N)c1ccnc(F)c1Cl.Cc1cnccc1C(C)N.NCc1ccnc(F)c1Cl. The van der Waals surface area contributed by atoms with Crippen molar-refractivity contribution in [1.29, 1.82) is 0 Å². The number of hydrogen-bond acceptors (Lipinski definition) is 6. The molecule has 10 heteroatoms. The van der Waals surface area contributed by atoms with E-state index in [0.29, 0.717) is 11.1 Å². The van der Waals surface area contributed by atoms with Crippen molar-refractivity contribution in [1.82, 2.24) is 15.0 Å². The molecule has 6 N–H and O–H groups in total. The Bertz CT molecular complexity index is 970. The van der Waals surface area contributed by atoms with E-state index in [0.717, 1.165) is 5.56 Å². The lowest BCUT2D eigenvalue weighted by Crippen LogP contribution is -2.06. The van der Waals surface area contributed by atoms with Crippen LogP contribution in [0, 0.1) is 18.8 Å². The van der Waals surface area contributed by atoms with Crippen LogP contribution in [0.2, 0.25) is 10.0 Å². The number of pyridine rings is 3. The molecular weight excluding hydrogens is 445 g/mol. The molecule has 0 aliphatic heterocycles. The zero-order valence-electron chi connectivity index (χ0n) is 17.5. The predicted molar refractivity (Wildman–Crippen MR) is 120 cm³/mol. The highest BCUT2D eigenvalue weighted by atomic mass is 35.5. The van der Waals surface area contributed by atoms with Crippen molar-refractivity contribution in [3.63, 3.8) is 0 Å². The summed E-state index contributed by atoms with van der Waals surface area (Å²) < 4.78 is 25.1. The predicted octanol–water partition coefficient (Wildman–Crippen LogP) is 4.64. The Morgan fingerprint density at radius 2 is 1.39 bits per heavy atom. The molecule has 6 nitrogen and oxygen atoms in total. The summed E-state index contributed by atoms with van der Waals surface area (Å²) in [6, 6.07) is 5.00. The third-order valence-electron chi connectivity index (χ3n) is 4.07. The van der Waals surface area contributed by atoms with E-state index in [4.69, 9.17) is 40.4 Å². The number of hydrogen-bond donors (Lipinski definition) is 3. The van der Waals surface area contributed by atoms with Crippen LogP contribution in [0.4, 0.5) is 8.78 Å². The van der Waals surface area contributed by atoms with E-state index in [-0.39, 0.29) is 28.7 Å². The summed E-state index contributed by atoms with van der Waals surface area (Å²) in [5.41, 5.74) is 19.9. The molecule has 0 saturated carbocycles. The number of halogens is 4. The van der Waals surface area contributed by atoms with Gasteiger partial charge in [-0.3, -0.25) is 4.98 Å². The topological polar surface area (TPSA) is 117 Å². The molecular formula is C21H26Cl2F2N6. The molecule has 31 heavy (non-hydrogen) atoms. The Kier molecular flexibility index (Phi) is 11.4. The fourth-order valence-corrected chi connectivity index (χ4v) is 2.86. The number of nitrogens with two attached hydrogens (primary N) is 3. The smallest absolute Gasteiger partial charge is 0.231 e. The summed E-state index contributed by atoms with van der Waals surface area (Å²) in [5, 5.41) is 0.0347. The molecule has 0 bridgehead atoms. The first-order valence-electron chi connectivity index (χ1n) is 9.30. The van der Waals surface area contributed by atoms with Gasteiger partial charge in [-0.05, 0) is 61.2 Å². The van der Waals surface area contributed by atoms with Crippen LogP contribution >= 0.6 is 23.2 Å². The van der Waals surface area contributed by atoms with Crippen LogP contribution in [-0.2, 0) is 6.54 Å². The van der Waals surface area contributed by atoms with Crippen molar-refractivity contribution in [2.75, 3.05) is 0 Å². The van der Waals surface area contributed by atoms with Crippen LogP contribution in [0.1, 0.15) is 48.2 Å². The molecule has 168 valence electrons. The third kappa shape index (κ3) is 8.43. The van der Waals surface area contributed by atoms with Gasteiger partial charge in [-0.25, -0.2) is 9.97 Å². The second-order valence-electron chi connectivity index (χ2n) is 6.59. The van der Waals surface area contributed by atoms with Gasteiger partial charge >= 0.3 is 0 Å². The van der Waals surface area contributed by atoms with Crippen molar-refractivity contribution in [3.8, 4) is 0 Å². The molecule has 3 rings (SSSR count). The lowest BCUT2D eigenvalue weighted by Gasteiger charge is -2.06. The number of rotatable bonds is 3. The number of nitrogens with zero attached hydrogens (tertiary/aromatic N) is 3. The average molecular weight is 471 g/mol. The summed E-state index contributed by atoms with van der Waals surface area (Å²) in [6.45, 7) is 5.97. The van der Waals surface area contributed by atoms with E-state index < -0.39 is 11.9 Å². The summed E-state index contributed by atoms with van der Waals surface area (Å²) in [5.74, 6) is -1.33. The normalized spacial score (nSPS) is 12.1. The minimum Gasteiger partial charge on any atom is -0.326 e. The van der Waals surface area contributed by atoms with Crippen molar-refractivity contribution in [3.05, 3.63) is 87.2 Å². The average Bonchev–Trinajstić information content (AvgIpc) is 2.73. The third-order valence-corrected chi connectivity index (χ3v) is 4.84. The minimum atomic E-state index is -0.665. The zero-order chi connectivity index (χ0) is 23.6. The first-order valence-corrected chi connectivity index (χ1v) is 10.1. The van der Waals surface area contributed by atoms with Gasteiger partial charge in [-0.15, -0.1) is 0 Å². The Hall–Kier alpha value is -2.23. The molecule has 0 radical (unpaired) electrons. The zero-order valence-corrected chi connectivity index (χ0v) is 19.0. The minimum absolute atomic E-state index is 0.0162. The molecule has 3 heterocycles. The number of aromatic nitrogens is 3. The van der Waals surface area contributed by atoms with Gasteiger partial charge in [0.1, 0.15) is 10.0 Å². The fraction of sp³-hybridized carbons (Fsp3) is 0.286. The van der Waals surface area contributed by atoms with Gasteiger partial charge in [0.15, 0.2) is 0 Å². The molecule has 3 aromatic rings. The molecule has 0 spiro atoms. The van der Waals surface area contributed by atoms with Gasteiger partial charge in [-0.2, -0.15) is 8.78 Å². The Labute approximate surface area is 190 Å². The van der Waals surface area contributed by atoms with E-state index in [2.05, 4.69) is 15.0 Å². The van der Waals surface area contributed by atoms with E-state index in [1.54, 1.807) is 25.3 Å².